The fraction of sp³-hybridized carbons (Fsp3) is 0.545. The normalized spacial score (nSPS) is 11.5. The maximum absolute atomic E-state index is 9.10. The molecule has 0 radical (unpaired) electrons. The van der Waals surface area contributed by atoms with Gasteiger partial charge in [-0.1, -0.05) is 0 Å². The van der Waals surface area contributed by atoms with Gasteiger partial charge in [0.1, 0.15) is 0 Å². The molecular weight excluding hydrogens is 221 g/mol. The van der Waals surface area contributed by atoms with Gasteiger partial charge in [-0.2, -0.15) is 0 Å². The Morgan fingerprint density at radius 1 is 0.941 bits per heavy atom. The van der Waals surface area contributed by atoms with Crippen molar-refractivity contribution >= 4 is 12.6 Å². The van der Waals surface area contributed by atoms with E-state index in [0.29, 0.717) is 5.46 Å². The second-order valence-corrected chi connectivity index (χ2v) is 4.77. The second kappa shape index (κ2) is 6.11. The molecule has 0 spiro atoms. The van der Waals surface area contributed by atoms with Crippen LogP contribution in [0.5, 0.6) is 0 Å². The lowest BCUT2D eigenvalue weighted by Gasteiger charge is -2.31. The first-order valence-electron chi connectivity index (χ1n) is 5.26. The minimum Gasteiger partial charge on any atom is -0.423 e. The highest BCUT2D eigenvalue weighted by Gasteiger charge is 2.31. The lowest BCUT2D eigenvalue weighted by Crippen LogP contribution is -2.44. The van der Waals surface area contributed by atoms with Gasteiger partial charge in [-0.05, 0) is 45.3 Å². The van der Waals surface area contributed by atoms with E-state index in [9.17, 15) is 0 Å². The van der Waals surface area contributed by atoms with Gasteiger partial charge in [0.25, 0.3) is 0 Å². The molecule has 0 saturated heterocycles. The molecule has 0 saturated carbocycles. The number of aromatic nitrogens is 1. The molecule has 0 aromatic carbocycles. The monoisotopic (exact) mass is 241 g/mol. The summed E-state index contributed by atoms with van der Waals surface area (Å²) in [5.41, 5.74) is -1.55. The molecule has 0 unspecified atom stereocenters. The highest BCUT2D eigenvalue weighted by molar-refractivity contribution is 6.58. The summed E-state index contributed by atoms with van der Waals surface area (Å²) in [5, 5.41) is 35.3. The highest BCUT2D eigenvalue weighted by atomic mass is 16.4. The van der Waals surface area contributed by atoms with Crippen LogP contribution in [0.4, 0.5) is 0 Å². The smallest absolute Gasteiger partial charge is 0.423 e. The molecular formula is C11H20BNO4. The van der Waals surface area contributed by atoms with Crippen molar-refractivity contribution in [3.8, 4) is 0 Å². The first-order valence-corrected chi connectivity index (χ1v) is 5.26. The number of nitrogens with zero attached hydrogens (tertiary/aromatic N) is 1. The summed E-state index contributed by atoms with van der Waals surface area (Å²) in [4.78, 5) is 3.71. The first-order chi connectivity index (χ1) is 7.55. The van der Waals surface area contributed by atoms with Crippen LogP contribution in [-0.4, -0.2) is 43.6 Å². The van der Waals surface area contributed by atoms with Gasteiger partial charge in [-0.15, -0.1) is 0 Å². The summed E-state index contributed by atoms with van der Waals surface area (Å²) < 4.78 is 0. The Kier molecular flexibility index (Phi) is 5.77. The van der Waals surface area contributed by atoms with Gasteiger partial charge in [0.15, 0.2) is 0 Å². The SMILES string of the molecule is CC(C)(O)C(C)(C)O.OB(O)c1ccncc1. The molecule has 5 nitrogen and oxygen atoms in total. The molecule has 0 fully saturated rings. The van der Waals surface area contributed by atoms with Crippen molar-refractivity contribution in [2.24, 2.45) is 0 Å². The molecule has 1 rings (SSSR count). The molecule has 96 valence electrons. The van der Waals surface area contributed by atoms with Crippen molar-refractivity contribution in [1.29, 1.82) is 0 Å². The standard InChI is InChI=1S/C6H14O2.C5H6BNO2/c1-5(2,7)6(3,4)8;8-6(9)5-1-3-7-4-2-5/h7-8H,1-4H3;1-4,8-9H. The summed E-state index contributed by atoms with van der Waals surface area (Å²) in [6, 6.07) is 3.09. The third-order valence-electron chi connectivity index (χ3n) is 2.50. The number of pyridine rings is 1. The molecule has 1 aromatic heterocycles. The maximum atomic E-state index is 9.10. The number of aliphatic hydroxyl groups is 2. The average molecular weight is 241 g/mol. The Hall–Kier alpha value is -0.945. The van der Waals surface area contributed by atoms with Crippen LogP contribution < -0.4 is 5.46 Å². The van der Waals surface area contributed by atoms with Crippen LogP contribution in [0.25, 0.3) is 0 Å². The van der Waals surface area contributed by atoms with E-state index in [0.717, 1.165) is 0 Å². The van der Waals surface area contributed by atoms with Crippen molar-refractivity contribution in [3.63, 3.8) is 0 Å². The molecule has 6 heteroatoms. The van der Waals surface area contributed by atoms with Crippen molar-refractivity contribution in [2.75, 3.05) is 0 Å². The summed E-state index contributed by atoms with van der Waals surface area (Å²) in [7, 11) is -1.38. The van der Waals surface area contributed by atoms with Gasteiger partial charge < -0.3 is 20.3 Å². The Labute approximate surface area is 102 Å². The Morgan fingerprint density at radius 3 is 1.47 bits per heavy atom. The van der Waals surface area contributed by atoms with E-state index in [1.807, 2.05) is 0 Å². The molecule has 4 N–H and O–H groups in total. The van der Waals surface area contributed by atoms with Crippen LogP contribution in [0.2, 0.25) is 0 Å². The van der Waals surface area contributed by atoms with Crippen LogP contribution in [0.3, 0.4) is 0 Å². The number of hydrogen-bond acceptors (Lipinski definition) is 5. The van der Waals surface area contributed by atoms with Gasteiger partial charge in [0, 0.05) is 12.4 Å². The molecule has 1 aromatic rings. The van der Waals surface area contributed by atoms with E-state index in [4.69, 9.17) is 20.3 Å². The Bertz CT molecular complexity index is 304. The fourth-order valence-electron chi connectivity index (χ4n) is 0.536. The van der Waals surface area contributed by atoms with Crippen molar-refractivity contribution in [2.45, 2.75) is 38.9 Å². The zero-order valence-corrected chi connectivity index (χ0v) is 10.6. The predicted octanol–water partition coefficient (Wildman–Crippen LogP) is -0.710. The molecule has 0 aliphatic rings. The Morgan fingerprint density at radius 2 is 1.29 bits per heavy atom. The molecule has 1 heterocycles. The highest BCUT2D eigenvalue weighted by Crippen LogP contribution is 2.19. The van der Waals surface area contributed by atoms with Crippen LogP contribution >= 0.6 is 0 Å². The van der Waals surface area contributed by atoms with Crippen LogP contribution in [0, 0.1) is 0 Å². The molecule has 17 heavy (non-hydrogen) atoms. The zero-order chi connectivity index (χ0) is 13.7. The average Bonchev–Trinajstić information content (AvgIpc) is 2.17. The lowest BCUT2D eigenvalue weighted by atomic mass is 9.81. The molecule has 0 atom stereocenters. The largest absolute Gasteiger partial charge is 0.488 e. The van der Waals surface area contributed by atoms with Gasteiger partial charge in [0.2, 0.25) is 0 Å². The Balaban J connectivity index is 0.000000304. The number of hydrogen-bond donors (Lipinski definition) is 4. The third-order valence-corrected chi connectivity index (χ3v) is 2.50. The molecule has 0 aliphatic heterocycles. The van der Waals surface area contributed by atoms with E-state index < -0.39 is 18.3 Å². The summed E-state index contributed by atoms with van der Waals surface area (Å²) >= 11 is 0. The molecule has 0 amide bonds. The van der Waals surface area contributed by atoms with E-state index >= 15 is 0 Å². The summed E-state index contributed by atoms with van der Waals surface area (Å²) in [6.07, 6.45) is 3.02. The van der Waals surface area contributed by atoms with Crippen LogP contribution in [-0.2, 0) is 0 Å². The van der Waals surface area contributed by atoms with E-state index in [-0.39, 0.29) is 0 Å². The van der Waals surface area contributed by atoms with Crippen molar-refractivity contribution < 1.29 is 20.3 Å². The van der Waals surface area contributed by atoms with Gasteiger partial charge in [-0.3, -0.25) is 4.98 Å². The molecule has 0 bridgehead atoms. The van der Waals surface area contributed by atoms with E-state index in [1.165, 1.54) is 12.4 Å². The third kappa shape index (κ3) is 6.38. The number of rotatable bonds is 2. The molecule has 0 aliphatic carbocycles. The summed E-state index contributed by atoms with van der Waals surface area (Å²) in [5.74, 6) is 0. The van der Waals surface area contributed by atoms with Crippen LogP contribution in [0.15, 0.2) is 24.5 Å². The minimum absolute atomic E-state index is 0.463. The van der Waals surface area contributed by atoms with E-state index in [2.05, 4.69) is 4.98 Å². The van der Waals surface area contributed by atoms with Gasteiger partial charge in [0.05, 0.1) is 11.2 Å². The van der Waals surface area contributed by atoms with Gasteiger partial charge in [-0.25, -0.2) is 0 Å². The van der Waals surface area contributed by atoms with Crippen molar-refractivity contribution in [1.82, 2.24) is 4.98 Å². The van der Waals surface area contributed by atoms with Gasteiger partial charge >= 0.3 is 7.12 Å². The second-order valence-electron chi connectivity index (χ2n) is 4.77. The first kappa shape index (κ1) is 16.1. The zero-order valence-electron chi connectivity index (χ0n) is 10.6. The quantitative estimate of drug-likeness (QED) is 0.513. The maximum Gasteiger partial charge on any atom is 0.488 e. The lowest BCUT2D eigenvalue weighted by molar-refractivity contribution is -0.107. The van der Waals surface area contributed by atoms with Crippen molar-refractivity contribution in [3.05, 3.63) is 24.5 Å². The van der Waals surface area contributed by atoms with E-state index in [1.54, 1.807) is 39.8 Å². The fourth-order valence-corrected chi connectivity index (χ4v) is 0.536. The topological polar surface area (TPSA) is 93.8 Å². The minimum atomic E-state index is -1.38. The predicted molar refractivity (Wildman–Crippen MR) is 66.7 cm³/mol. The summed E-state index contributed by atoms with van der Waals surface area (Å²) in [6.45, 7) is 6.31. The van der Waals surface area contributed by atoms with Crippen LogP contribution in [0.1, 0.15) is 27.7 Å².